The molecule has 0 radical (unpaired) electrons. The fraction of sp³-hybridized carbons (Fsp3) is 0.450. The molecule has 0 saturated carbocycles. The summed E-state index contributed by atoms with van der Waals surface area (Å²) in [5.74, 6) is 1.83. The highest BCUT2D eigenvalue weighted by Crippen LogP contribution is 2.30. The van der Waals surface area contributed by atoms with E-state index in [-0.39, 0.29) is 5.91 Å². The minimum Gasteiger partial charge on any atom is -0.358 e. The molecule has 1 aliphatic carbocycles. The van der Waals surface area contributed by atoms with Crippen LogP contribution >= 0.6 is 0 Å². The van der Waals surface area contributed by atoms with Crippen LogP contribution in [0.1, 0.15) is 58.9 Å². The predicted molar refractivity (Wildman–Crippen MR) is 99.1 cm³/mol. The highest BCUT2D eigenvalue weighted by molar-refractivity contribution is 6.06. The number of H-pyrrole nitrogens is 1. The van der Waals surface area contributed by atoms with E-state index in [0.717, 1.165) is 55.0 Å². The van der Waals surface area contributed by atoms with Crippen LogP contribution in [0.5, 0.6) is 0 Å². The summed E-state index contributed by atoms with van der Waals surface area (Å²) in [6, 6.07) is 6.03. The maximum Gasteiger partial charge on any atom is 0.253 e. The first-order valence-corrected chi connectivity index (χ1v) is 9.63. The van der Waals surface area contributed by atoms with E-state index in [0.29, 0.717) is 6.54 Å². The molecular weight excluding hydrogens is 326 g/mol. The Hall–Kier alpha value is -2.63. The number of rotatable bonds is 3. The number of hydrogen-bond donors (Lipinski definition) is 2. The van der Waals surface area contributed by atoms with Gasteiger partial charge in [0.1, 0.15) is 5.82 Å². The largest absolute Gasteiger partial charge is 0.358 e. The summed E-state index contributed by atoms with van der Waals surface area (Å²) in [6.07, 6.45) is 8.01. The van der Waals surface area contributed by atoms with Crippen molar-refractivity contribution in [1.29, 1.82) is 0 Å². The second kappa shape index (κ2) is 6.27. The number of aromatic nitrogens is 4. The van der Waals surface area contributed by atoms with Gasteiger partial charge >= 0.3 is 0 Å². The normalized spacial score (nSPS) is 16.3. The molecule has 5 rings (SSSR count). The molecule has 1 amide bonds. The lowest BCUT2D eigenvalue weighted by Gasteiger charge is -2.07. The summed E-state index contributed by atoms with van der Waals surface area (Å²) in [6.45, 7) is 1.37. The molecule has 3 heterocycles. The zero-order valence-corrected chi connectivity index (χ0v) is 14.8. The Morgan fingerprint density at radius 3 is 3.00 bits per heavy atom. The molecule has 0 unspecified atom stereocenters. The Morgan fingerprint density at radius 1 is 1.12 bits per heavy atom. The molecule has 1 aliphatic heterocycles. The Kier molecular flexibility index (Phi) is 3.76. The first kappa shape index (κ1) is 15.6. The monoisotopic (exact) mass is 349 g/mol. The third-order valence-corrected chi connectivity index (χ3v) is 5.72. The van der Waals surface area contributed by atoms with Crippen LogP contribution in [0.25, 0.3) is 10.9 Å². The third-order valence-electron chi connectivity index (χ3n) is 5.72. The van der Waals surface area contributed by atoms with Gasteiger partial charge in [0.15, 0.2) is 5.82 Å². The van der Waals surface area contributed by atoms with Gasteiger partial charge in [-0.15, -0.1) is 10.2 Å². The van der Waals surface area contributed by atoms with E-state index in [1.807, 2.05) is 12.1 Å². The van der Waals surface area contributed by atoms with Crippen molar-refractivity contribution >= 4 is 16.8 Å². The van der Waals surface area contributed by atoms with Gasteiger partial charge in [0.2, 0.25) is 0 Å². The second-order valence-corrected chi connectivity index (χ2v) is 7.34. The van der Waals surface area contributed by atoms with E-state index >= 15 is 0 Å². The first-order chi connectivity index (χ1) is 12.8. The van der Waals surface area contributed by atoms with Crippen LogP contribution in [0.15, 0.2) is 18.2 Å². The Bertz CT molecular complexity index is 984. The van der Waals surface area contributed by atoms with E-state index in [9.17, 15) is 4.79 Å². The number of carbonyl (C=O) groups is 1. The van der Waals surface area contributed by atoms with Gasteiger partial charge in [-0.1, -0.05) is 18.6 Å². The van der Waals surface area contributed by atoms with Gasteiger partial charge in [0, 0.05) is 24.0 Å². The van der Waals surface area contributed by atoms with Crippen LogP contribution in [-0.4, -0.2) is 25.7 Å². The summed E-state index contributed by atoms with van der Waals surface area (Å²) in [7, 11) is 0. The van der Waals surface area contributed by atoms with Crippen LogP contribution < -0.4 is 5.32 Å². The molecule has 0 spiro atoms. The van der Waals surface area contributed by atoms with E-state index in [1.54, 1.807) is 0 Å². The molecule has 0 bridgehead atoms. The number of nitrogens with one attached hydrogen (secondary N) is 2. The average molecular weight is 349 g/mol. The fourth-order valence-electron chi connectivity index (χ4n) is 4.39. The molecular formula is C20H23N5O. The Balaban J connectivity index is 1.42. The zero-order valence-electron chi connectivity index (χ0n) is 14.8. The molecule has 1 aromatic carbocycles. The maximum absolute atomic E-state index is 12.8. The van der Waals surface area contributed by atoms with Crippen LogP contribution in [-0.2, 0) is 32.4 Å². The van der Waals surface area contributed by atoms with Gasteiger partial charge in [0.25, 0.3) is 5.91 Å². The summed E-state index contributed by atoms with van der Waals surface area (Å²) >= 11 is 0. The molecule has 2 aromatic heterocycles. The van der Waals surface area contributed by atoms with Crippen molar-refractivity contribution in [3.8, 4) is 0 Å². The quantitative estimate of drug-likeness (QED) is 0.714. The predicted octanol–water partition coefficient (Wildman–Crippen LogP) is 2.90. The summed E-state index contributed by atoms with van der Waals surface area (Å²) in [5.41, 5.74) is 4.41. The number of hydrogen-bond acceptors (Lipinski definition) is 3. The SMILES string of the molecule is O=C(NCc1nnc2n1CCC2)c1cccc2c3c([nH]c12)CCCCC3. The number of aryl methyl sites for hydroxylation is 3. The van der Waals surface area contributed by atoms with Gasteiger partial charge in [-0.05, 0) is 43.7 Å². The number of amides is 1. The molecule has 134 valence electrons. The number of fused-ring (bicyclic) bond motifs is 4. The van der Waals surface area contributed by atoms with Crippen molar-refractivity contribution in [3.63, 3.8) is 0 Å². The molecule has 2 aliphatic rings. The summed E-state index contributed by atoms with van der Waals surface area (Å²) in [5, 5.41) is 12.7. The standard InChI is InChI=1S/C20H23N5O/c26-20(21-12-18-24-23-17-10-5-11-25(17)18)15-8-4-7-14-13-6-2-1-3-9-16(13)22-19(14)15/h4,7-8,22H,1-3,5-6,9-12H2,(H,21,26). The van der Waals surface area contributed by atoms with Crippen molar-refractivity contribution in [2.75, 3.05) is 0 Å². The van der Waals surface area contributed by atoms with Crippen LogP contribution in [0.3, 0.4) is 0 Å². The molecule has 0 fully saturated rings. The molecule has 26 heavy (non-hydrogen) atoms. The average Bonchev–Trinajstić information content (AvgIpc) is 3.30. The molecule has 6 heteroatoms. The fourth-order valence-corrected chi connectivity index (χ4v) is 4.39. The molecule has 3 aromatic rings. The Labute approximate surface area is 152 Å². The van der Waals surface area contributed by atoms with Gasteiger partial charge in [-0.2, -0.15) is 0 Å². The van der Waals surface area contributed by atoms with Gasteiger partial charge in [-0.25, -0.2) is 0 Å². The molecule has 0 saturated heterocycles. The highest BCUT2D eigenvalue weighted by atomic mass is 16.1. The lowest BCUT2D eigenvalue weighted by atomic mass is 10.0. The topological polar surface area (TPSA) is 75.6 Å². The van der Waals surface area contributed by atoms with Gasteiger partial charge in [-0.3, -0.25) is 4.79 Å². The number of para-hydroxylation sites is 1. The minimum absolute atomic E-state index is 0.0534. The highest BCUT2D eigenvalue weighted by Gasteiger charge is 2.20. The van der Waals surface area contributed by atoms with Crippen molar-refractivity contribution in [2.45, 2.75) is 58.0 Å². The van der Waals surface area contributed by atoms with Crippen LogP contribution in [0, 0.1) is 0 Å². The van der Waals surface area contributed by atoms with Crippen molar-refractivity contribution in [2.24, 2.45) is 0 Å². The van der Waals surface area contributed by atoms with Gasteiger partial charge < -0.3 is 14.9 Å². The summed E-state index contributed by atoms with van der Waals surface area (Å²) < 4.78 is 2.12. The van der Waals surface area contributed by atoms with Gasteiger partial charge in [0.05, 0.1) is 17.6 Å². The second-order valence-electron chi connectivity index (χ2n) is 7.34. The van der Waals surface area contributed by atoms with E-state index < -0.39 is 0 Å². The van der Waals surface area contributed by atoms with Crippen molar-refractivity contribution < 1.29 is 4.79 Å². The van der Waals surface area contributed by atoms with E-state index in [1.165, 1.54) is 35.9 Å². The minimum atomic E-state index is -0.0534. The van der Waals surface area contributed by atoms with E-state index in [4.69, 9.17) is 0 Å². The number of aromatic amines is 1. The molecule has 2 N–H and O–H groups in total. The summed E-state index contributed by atoms with van der Waals surface area (Å²) in [4.78, 5) is 16.4. The lowest BCUT2D eigenvalue weighted by molar-refractivity contribution is 0.0951. The Morgan fingerprint density at radius 2 is 2.04 bits per heavy atom. The molecule has 0 atom stereocenters. The first-order valence-electron chi connectivity index (χ1n) is 9.63. The number of nitrogens with zero attached hydrogens (tertiary/aromatic N) is 3. The maximum atomic E-state index is 12.8. The number of benzene rings is 1. The van der Waals surface area contributed by atoms with Crippen LogP contribution in [0.2, 0.25) is 0 Å². The van der Waals surface area contributed by atoms with Crippen molar-refractivity contribution in [3.05, 3.63) is 46.7 Å². The smallest absolute Gasteiger partial charge is 0.253 e. The lowest BCUT2D eigenvalue weighted by Crippen LogP contribution is -2.25. The molecule has 6 nitrogen and oxygen atoms in total. The van der Waals surface area contributed by atoms with Crippen LogP contribution in [0.4, 0.5) is 0 Å². The third kappa shape index (κ3) is 2.52. The van der Waals surface area contributed by atoms with E-state index in [2.05, 4.69) is 31.1 Å². The number of carbonyl (C=O) groups excluding carboxylic acids is 1. The zero-order chi connectivity index (χ0) is 17.5. The van der Waals surface area contributed by atoms with Crippen molar-refractivity contribution in [1.82, 2.24) is 25.1 Å².